The van der Waals surface area contributed by atoms with Crippen molar-refractivity contribution in [3.63, 3.8) is 0 Å². The zero-order valence-electron chi connectivity index (χ0n) is 37.7. The van der Waals surface area contributed by atoms with Gasteiger partial charge in [-0.25, -0.2) is 0 Å². The maximum atomic E-state index is 10.7. The molecule has 0 aromatic rings. The summed E-state index contributed by atoms with van der Waals surface area (Å²) in [6.45, 7) is 25.3. The third kappa shape index (κ3) is 43.4. The number of aliphatic imine (C=N–C) groups is 4. The van der Waals surface area contributed by atoms with Gasteiger partial charge < -0.3 is 45.4 Å². The molecule has 0 unspecified atom stereocenters. The molecule has 0 spiro atoms. The summed E-state index contributed by atoms with van der Waals surface area (Å²) in [5.74, 6) is 3.11. The minimum Gasteiger partial charge on any atom is -0.388 e. The number of nitrogens with two attached hydrogens (primary N) is 1. The van der Waals surface area contributed by atoms with Gasteiger partial charge in [-0.05, 0) is 75.1 Å². The number of carbonyl (C=O) groups excluding carboxylic acids is 2. The summed E-state index contributed by atoms with van der Waals surface area (Å²) >= 11 is 0. The summed E-state index contributed by atoms with van der Waals surface area (Å²) in [6.07, 6.45) is 4.93. The maximum Gasteiger partial charge on any atom is 0.219 e. The smallest absolute Gasteiger partial charge is 0.219 e. The lowest BCUT2D eigenvalue weighted by atomic mass is 10.3. The summed E-state index contributed by atoms with van der Waals surface area (Å²) in [4.78, 5) is 47.2. The second kappa shape index (κ2) is 39.1. The number of carbonyl (C=O) groups is 2. The number of ether oxygens (including phenoxy) is 2. The van der Waals surface area contributed by atoms with Crippen molar-refractivity contribution in [1.82, 2.24) is 35.1 Å². The molecule has 4 N–H and O–H groups in total. The molecule has 0 bridgehead atoms. The van der Waals surface area contributed by atoms with Gasteiger partial charge >= 0.3 is 0 Å². The molecule has 4 aliphatic rings. The molecule has 2 saturated heterocycles. The Labute approximate surface area is 336 Å². The number of rotatable bonds is 10. The normalized spacial score (nSPS) is 16.6. The molecule has 324 valence electrons. The Morgan fingerprint density at radius 3 is 1.73 bits per heavy atom. The van der Waals surface area contributed by atoms with Crippen molar-refractivity contribution in [2.24, 2.45) is 25.7 Å². The summed E-state index contributed by atoms with van der Waals surface area (Å²) in [7, 11) is 15.2. The minimum atomic E-state index is 0.0760. The maximum absolute atomic E-state index is 10.7. The van der Waals surface area contributed by atoms with Gasteiger partial charge in [0.1, 0.15) is 0 Å². The number of hydrogen-bond acceptors (Lipinski definition) is 12. The molecule has 2 fully saturated rings. The van der Waals surface area contributed by atoms with Crippen molar-refractivity contribution in [2.75, 3.05) is 155 Å². The van der Waals surface area contributed by atoms with E-state index in [2.05, 4.69) is 66.3 Å². The van der Waals surface area contributed by atoms with Crippen LogP contribution in [-0.2, 0) is 19.1 Å². The predicted octanol–water partition coefficient (Wildman–Crippen LogP) is 2.05. The topological polar surface area (TPSA) is 168 Å². The standard InChI is InChI=1S/C8H18N2O.C7H16N2O.C6H13NO2.C5H10N2.C5H9N.C4H8N2.C4H10N2/c1-9(2)3-4-10-5-7-11-8-6-10;1-7(10)9(4)6-5-8(2)3;1-6(8)7(2)4-5-9-3;1-6-5-3-2-4-7-5;1-5-3-2-4-6-5;1-4-5-2-3-6-4;1-3-6-4(2)5/h3-8H2,1-2H3;5-6H2,1-4H3;4-5H2,1-3H3;2-4H2,1H3,(H,6,7);2-4H2,1H3;2-3H2,1H3,(H,5,6);3H2,1-2H3,(H2,5,6). The van der Waals surface area contributed by atoms with Crippen LogP contribution in [0.5, 0.6) is 0 Å². The monoisotopic (exact) mass is 785 g/mol. The van der Waals surface area contributed by atoms with Crippen LogP contribution in [0, 0.1) is 0 Å². The van der Waals surface area contributed by atoms with Crippen molar-refractivity contribution in [3.05, 3.63) is 0 Å². The lowest BCUT2D eigenvalue weighted by Crippen LogP contribution is -2.40. The summed E-state index contributed by atoms with van der Waals surface area (Å²) in [6, 6.07) is 0. The van der Waals surface area contributed by atoms with Gasteiger partial charge in [-0.2, -0.15) is 0 Å². The van der Waals surface area contributed by atoms with E-state index in [0.29, 0.717) is 19.0 Å². The molecule has 16 nitrogen and oxygen atoms in total. The molecule has 4 aliphatic heterocycles. The second-order valence-electron chi connectivity index (χ2n) is 13.9. The number of methoxy groups -OCH3 is 1. The average Bonchev–Trinajstić information content (AvgIpc) is 3.96. The van der Waals surface area contributed by atoms with Crippen molar-refractivity contribution >= 4 is 35.0 Å². The first kappa shape index (κ1) is 56.2. The Morgan fingerprint density at radius 1 is 0.836 bits per heavy atom. The fraction of sp³-hybridized carbons (Fsp3) is 0.846. The average molecular weight is 785 g/mol. The summed E-state index contributed by atoms with van der Waals surface area (Å²) < 4.78 is 10.0. The quantitative estimate of drug-likeness (QED) is 0.220. The first-order valence-electron chi connectivity index (χ1n) is 19.7. The van der Waals surface area contributed by atoms with Gasteiger partial charge in [0.25, 0.3) is 0 Å². The van der Waals surface area contributed by atoms with Crippen molar-refractivity contribution < 1.29 is 19.1 Å². The zero-order valence-corrected chi connectivity index (χ0v) is 37.7. The third-order valence-electron chi connectivity index (χ3n) is 8.07. The molecule has 0 aliphatic carbocycles. The van der Waals surface area contributed by atoms with Crippen LogP contribution < -0.4 is 16.4 Å². The highest BCUT2D eigenvalue weighted by Crippen LogP contribution is 2.01. The van der Waals surface area contributed by atoms with E-state index in [9.17, 15) is 9.59 Å². The van der Waals surface area contributed by atoms with Crippen LogP contribution in [-0.4, -0.2) is 214 Å². The number of amides is 2. The van der Waals surface area contributed by atoms with Gasteiger partial charge in [-0.3, -0.25) is 34.5 Å². The van der Waals surface area contributed by atoms with E-state index in [4.69, 9.17) is 15.2 Å². The molecular formula is C39H84N12O4. The van der Waals surface area contributed by atoms with E-state index in [1.807, 2.05) is 42.0 Å². The van der Waals surface area contributed by atoms with Crippen LogP contribution in [0.2, 0.25) is 0 Å². The molecule has 16 heteroatoms. The van der Waals surface area contributed by atoms with E-state index in [1.54, 1.807) is 37.8 Å². The number of likely N-dealkylation sites (N-methyl/N-ethyl adjacent to an activating group) is 4. The predicted molar refractivity (Wildman–Crippen MR) is 234 cm³/mol. The highest BCUT2D eigenvalue weighted by atomic mass is 16.5. The zero-order chi connectivity index (χ0) is 42.4. The highest BCUT2D eigenvalue weighted by Gasteiger charge is 2.09. The first-order chi connectivity index (χ1) is 26.0. The van der Waals surface area contributed by atoms with Crippen LogP contribution in [0.1, 0.15) is 67.2 Å². The van der Waals surface area contributed by atoms with Gasteiger partial charge in [0.15, 0.2) is 0 Å². The van der Waals surface area contributed by atoms with Gasteiger partial charge in [0.05, 0.1) is 43.9 Å². The molecular weight excluding hydrogens is 701 g/mol. The number of morpholine rings is 1. The second-order valence-corrected chi connectivity index (χ2v) is 13.9. The first-order valence-corrected chi connectivity index (χ1v) is 19.7. The van der Waals surface area contributed by atoms with E-state index < -0.39 is 0 Å². The largest absolute Gasteiger partial charge is 0.388 e. The molecule has 0 saturated carbocycles. The number of nitrogens with one attached hydrogen (secondary N) is 2. The Hall–Kier alpha value is -3.18. The molecule has 2 amide bonds. The van der Waals surface area contributed by atoms with E-state index in [-0.39, 0.29) is 11.8 Å². The Bertz CT molecular complexity index is 1030. The molecule has 0 aromatic heterocycles. The minimum absolute atomic E-state index is 0.0760. The fourth-order valence-electron chi connectivity index (χ4n) is 4.28. The van der Waals surface area contributed by atoms with Crippen LogP contribution in [0.15, 0.2) is 20.0 Å². The molecule has 55 heavy (non-hydrogen) atoms. The molecule has 4 rings (SSSR count). The van der Waals surface area contributed by atoms with Crippen LogP contribution >= 0.6 is 0 Å². The Kier molecular flexibility index (Phi) is 39.9. The van der Waals surface area contributed by atoms with Crippen LogP contribution in [0.25, 0.3) is 0 Å². The van der Waals surface area contributed by atoms with Gasteiger partial charge in [-0.15, -0.1) is 0 Å². The molecule has 0 atom stereocenters. The van der Waals surface area contributed by atoms with Crippen LogP contribution in [0.4, 0.5) is 0 Å². The van der Waals surface area contributed by atoms with Crippen molar-refractivity contribution in [3.8, 4) is 0 Å². The van der Waals surface area contributed by atoms with Gasteiger partial charge in [-0.1, -0.05) is 0 Å². The number of hydrogen-bond donors (Lipinski definition) is 3. The molecule has 0 aromatic carbocycles. The molecule has 0 radical (unpaired) electrons. The third-order valence-corrected chi connectivity index (χ3v) is 8.07. The lowest BCUT2D eigenvalue weighted by molar-refractivity contribution is -0.128. The summed E-state index contributed by atoms with van der Waals surface area (Å²) in [5.41, 5.74) is 6.48. The van der Waals surface area contributed by atoms with E-state index in [1.165, 1.54) is 44.3 Å². The van der Waals surface area contributed by atoms with Crippen molar-refractivity contribution in [1.29, 1.82) is 0 Å². The van der Waals surface area contributed by atoms with Crippen molar-refractivity contribution in [2.45, 2.75) is 67.2 Å². The SMILES string of the molecule is CC(=O)N(C)CCN(C)C.CC1=NCCC1.CC1=NCCN1.CCN=C(C)N.CN(C)CCN1CCOCC1.CN=C1CCCN1.COCCN(C)C(C)=O. The van der Waals surface area contributed by atoms with Crippen LogP contribution in [0.3, 0.4) is 0 Å². The Balaban J connectivity index is -0.000000581. The number of amidine groups is 3. The Morgan fingerprint density at radius 2 is 1.44 bits per heavy atom. The highest BCUT2D eigenvalue weighted by molar-refractivity contribution is 5.83. The van der Waals surface area contributed by atoms with Gasteiger partial charge in [0.2, 0.25) is 11.8 Å². The fourth-order valence-corrected chi connectivity index (χ4v) is 4.28. The van der Waals surface area contributed by atoms with E-state index >= 15 is 0 Å². The number of nitrogens with zero attached hydrogens (tertiary/aromatic N) is 9. The van der Waals surface area contributed by atoms with Gasteiger partial charge in [0, 0.05) is 126 Å². The van der Waals surface area contributed by atoms with E-state index in [0.717, 1.165) is 90.9 Å². The summed E-state index contributed by atoms with van der Waals surface area (Å²) in [5, 5.41) is 6.23. The lowest BCUT2D eigenvalue weighted by Gasteiger charge is -2.27. The molecule has 4 heterocycles.